The van der Waals surface area contributed by atoms with Crippen LogP contribution in [-0.2, 0) is 0 Å². The summed E-state index contributed by atoms with van der Waals surface area (Å²) in [4.78, 5) is 0. The second-order valence-electron chi connectivity index (χ2n) is 3.00. The van der Waals surface area contributed by atoms with E-state index < -0.39 is 0 Å². The van der Waals surface area contributed by atoms with Crippen molar-refractivity contribution < 1.29 is 0 Å². The highest BCUT2D eigenvalue weighted by Crippen LogP contribution is 2.24. The molecule has 0 bridgehead atoms. The Morgan fingerprint density at radius 3 is 1.88 bits per heavy atom. The average Bonchev–Trinajstić information content (AvgIpc) is 1.62. The van der Waals surface area contributed by atoms with E-state index in [-0.39, 0.29) is 10.8 Å². The molecule has 0 rings (SSSR count). The quantitative estimate of drug-likeness (QED) is 0.380. The van der Waals surface area contributed by atoms with Gasteiger partial charge in [0.25, 0.3) is 0 Å². The molecule has 0 radical (unpaired) electrons. The Hall–Kier alpha value is 0.0300. The fourth-order valence-electron chi connectivity index (χ4n) is 0.354. The standard InChI is InChI=1S/C7H13Cl/c1-5-6(8)7(2,3)4/h5-6H,1H2,2-4H3. The maximum Gasteiger partial charge on any atom is 0.0561 e. The number of hydrogen-bond donors (Lipinski definition) is 0. The summed E-state index contributed by atoms with van der Waals surface area (Å²) in [6.45, 7) is 9.86. The van der Waals surface area contributed by atoms with E-state index in [4.69, 9.17) is 11.6 Å². The first-order chi connectivity index (χ1) is 3.48. The summed E-state index contributed by atoms with van der Waals surface area (Å²) in [5.41, 5.74) is 0.156. The molecule has 8 heavy (non-hydrogen) atoms. The Morgan fingerprint density at radius 2 is 1.88 bits per heavy atom. The number of rotatable bonds is 1. The van der Waals surface area contributed by atoms with Crippen molar-refractivity contribution >= 4 is 11.6 Å². The lowest BCUT2D eigenvalue weighted by atomic mass is 9.92. The molecule has 0 saturated carbocycles. The second kappa shape index (κ2) is 2.54. The van der Waals surface area contributed by atoms with Crippen LogP contribution in [0.2, 0.25) is 0 Å². The summed E-state index contributed by atoms with van der Waals surface area (Å²) >= 11 is 5.82. The first-order valence-corrected chi connectivity index (χ1v) is 3.18. The SMILES string of the molecule is C=CC(Cl)C(C)(C)C. The van der Waals surface area contributed by atoms with Gasteiger partial charge in [-0.1, -0.05) is 26.8 Å². The van der Waals surface area contributed by atoms with Crippen molar-refractivity contribution in [2.24, 2.45) is 5.41 Å². The van der Waals surface area contributed by atoms with Crippen molar-refractivity contribution in [3.05, 3.63) is 12.7 Å². The van der Waals surface area contributed by atoms with Crippen LogP contribution in [0.1, 0.15) is 20.8 Å². The van der Waals surface area contributed by atoms with Gasteiger partial charge < -0.3 is 0 Å². The topological polar surface area (TPSA) is 0 Å². The van der Waals surface area contributed by atoms with Crippen molar-refractivity contribution in [3.8, 4) is 0 Å². The Bertz CT molecular complexity index is 78.9. The maximum absolute atomic E-state index is 5.82. The van der Waals surface area contributed by atoms with Gasteiger partial charge in [-0.25, -0.2) is 0 Å². The van der Waals surface area contributed by atoms with Gasteiger partial charge in [-0.3, -0.25) is 0 Å². The number of hydrogen-bond acceptors (Lipinski definition) is 0. The molecule has 1 unspecified atom stereocenters. The van der Waals surface area contributed by atoms with Gasteiger partial charge in [0.15, 0.2) is 0 Å². The third-order valence-corrected chi connectivity index (χ3v) is 1.87. The maximum atomic E-state index is 5.82. The van der Waals surface area contributed by atoms with Crippen molar-refractivity contribution in [2.75, 3.05) is 0 Å². The Balaban J connectivity index is 3.80. The molecule has 1 atom stereocenters. The number of halogens is 1. The van der Waals surface area contributed by atoms with Crippen LogP contribution in [0.15, 0.2) is 12.7 Å². The molecule has 0 spiro atoms. The molecule has 0 aromatic rings. The van der Waals surface area contributed by atoms with Gasteiger partial charge >= 0.3 is 0 Å². The van der Waals surface area contributed by atoms with E-state index in [9.17, 15) is 0 Å². The molecule has 0 amide bonds. The fourth-order valence-corrected chi connectivity index (χ4v) is 0.354. The molecular formula is C7H13Cl. The monoisotopic (exact) mass is 132 g/mol. The molecule has 0 N–H and O–H groups in total. The molecule has 0 aliphatic carbocycles. The Kier molecular flexibility index (Phi) is 2.55. The summed E-state index contributed by atoms with van der Waals surface area (Å²) in [5.74, 6) is 0. The molecule has 1 heteroatoms. The lowest BCUT2D eigenvalue weighted by molar-refractivity contribution is 0.428. The van der Waals surface area contributed by atoms with E-state index in [0.29, 0.717) is 0 Å². The fraction of sp³-hybridized carbons (Fsp3) is 0.714. The molecule has 0 aromatic carbocycles. The van der Waals surface area contributed by atoms with Gasteiger partial charge in [-0.05, 0) is 5.41 Å². The smallest absolute Gasteiger partial charge is 0.0561 e. The van der Waals surface area contributed by atoms with Crippen molar-refractivity contribution in [1.82, 2.24) is 0 Å². The average molecular weight is 133 g/mol. The minimum absolute atomic E-state index is 0.0856. The van der Waals surface area contributed by atoms with E-state index in [1.165, 1.54) is 0 Å². The Labute approximate surface area is 56.5 Å². The molecule has 0 aliphatic heterocycles. The third-order valence-electron chi connectivity index (χ3n) is 1.03. The summed E-state index contributed by atoms with van der Waals surface area (Å²) in [5, 5.41) is 0.0856. The highest BCUT2D eigenvalue weighted by atomic mass is 35.5. The Morgan fingerprint density at radius 1 is 1.50 bits per heavy atom. The van der Waals surface area contributed by atoms with Gasteiger partial charge in [-0.15, -0.1) is 18.2 Å². The van der Waals surface area contributed by atoms with Crippen LogP contribution < -0.4 is 0 Å². The van der Waals surface area contributed by atoms with Crippen LogP contribution in [0.5, 0.6) is 0 Å². The van der Waals surface area contributed by atoms with Crippen molar-refractivity contribution in [1.29, 1.82) is 0 Å². The van der Waals surface area contributed by atoms with Crippen LogP contribution >= 0.6 is 11.6 Å². The van der Waals surface area contributed by atoms with Gasteiger partial charge in [0.2, 0.25) is 0 Å². The third kappa shape index (κ3) is 2.37. The molecule has 0 aromatic heterocycles. The van der Waals surface area contributed by atoms with Gasteiger partial charge in [0, 0.05) is 0 Å². The lowest BCUT2D eigenvalue weighted by Crippen LogP contribution is -2.17. The van der Waals surface area contributed by atoms with Gasteiger partial charge in [-0.2, -0.15) is 0 Å². The summed E-state index contributed by atoms with van der Waals surface area (Å²) in [7, 11) is 0. The summed E-state index contributed by atoms with van der Waals surface area (Å²) in [6, 6.07) is 0. The van der Waals surface area contributed by atoms with Gasteiger partial charge in [0.1, 0.15) is 0 Å². The normalized spacial score (nSPS) is 15.5. The minimum atomic E-state index is 0.0856. The molecule has 0 fully saturated rings. The van der Waals surface area contributed by atoms with E-state index in [1.807, 2.05) is 0 Å². The second-order valence-corrected chi connectivity index (χ2v) is 3.47. The first-order valence-electron chi connectivity index (χ1n) is 2.75. The first kappa shape index (κ1) is 8.03. The zero-order chi connectivity index (χ0) is 6.78. The van der Waals surface area contributed by atoms with E-state index in [1.54, 1.807) is 6.08 Å². The highest BCUT2D eigenvalue weighted by Gasteiger charge is 2.17. The zero-order valence-electron chi connectivity index (χ0n) is 5.74. The summed E-state index contributed by atoms with van der Waals surface area (Å²) in [6.07, 6.45) is 1.77. The number of allylic oxidation sites excluding steroid dienone is 1. The highest BCUT2D eigenvalue weighted by molar-refractivity contribution is 6.22. The number of alkyl halides is 1. The van der Waals surface area contributed by atoms with Crippen LogP contribution in [0, 0.1) is 5.41 Å². The zero-order valence-corrected chi connectivity index (χ0v) is 6.50. The predicted molar refractivity (Wildman–Crippen MR) is 39.3 cm³/mol. The van der Waals surface area contributed by atoms with Crippen molar-refractivity contribution in [3.63, 3.8) is 0 Å². The largest absolute Gasteiger partial charge is 0.118 e. The molecule has 0 nitrogen and oxygen atoms in total. The molecule has 0 aliphatic rings. The van der Waals surface area contributed by atoms with E-state index >= 15 is 0 Å². The van der Waals surface area contributed by atoms with E-state index in [2.05, 4.69) is 27.4 Å². The molecule has 0 saturated heterocycles. The van der Waals surface area contributed by atoms with Gasteiger partial charge in [0.05, 0.1) is 5.38 Å². The molecule has 0 heterocycles. The van der Waals surface area contributed by atoms with Crippen LogP contribution in [0.3, 0.4) is 0 Å². The minimum Gasteiger partial charge on any atom is -0.118 e. The van der Waals surface area contributed by atoms with Crippen LogP contribution in [0.4, 0.5) is 0 Å². The predicted octanol–water partition coefficient (Wildman–Crippen LogP) is 2.83. The summed E-state index contributed by atoms with van der Waals surface area (Å²) < 4.78 is 0. The lowest BCUT2D eigenvalue weighted by Gasteiger charge is -2.21. The molecular weight excluding hydrogens is 120 g/mol. The van der Waals surface area contributed by atoms with E-state index in [0.717, 1.165) is 0 Å². The van der Waals surface area contributed by atoms with Crippen molar-refractivity contribution in [2.45, 2.75) is 26.1 Å². The van der Waals surface area contributed by atoms with Crippen LogP contribution in [0.25, 0.3) is 0 Å². The van der Waals surface area contributed by atoms with Crippen LogP contribution in [-0.4, -0.2) is 5.38 Å². The molecule has 48 valence electrons.